The molecule has 0 N–H and O–H groups in total. The first-order chi connectivity index (χ1) is 13.0. The molecule has 0 spiro atoms. The molecule has 4 rings (SSSR count). The van der Waals surface area contributed by atoms with Gasteiger partial charge in [0.05, 0.1) is 0 Å². The molecule has 0 bridgehead atoms. The molecule has 0 saturated carbocycles. The summed E-state index contributed by atoms with van der Waals surface area (Å²) in [5, 5.41) is 7.99. The Kier molecular flexibility index (Phi) is 5.65. The number of hydrogen-bond acceptors (Lipinski definition) is 3. The Balaban J connectivity index is 0.00000225. The van der Waals surface area contributed by atoms with Crippen LogP contribution < -0.4 is 4.74 Å². The first-order valence-corrected chi connectivity index (χ1v) is 7.53. The van der Waals surface area contributed by atoms with Crippen LogP contribution in [0, 0.1) is 35.4 Å². The van der Waals surface area contributed by atoms with Crippen molar-refractivity contribution in [1.29, 1.82) is 0 Å². The average Bonchev–Trinajstić information content (AvgIpc) is 3.25. The van der Waals surface area contributed by atoms with Crippen LogP contribution >= 0.6 is 0 Å². The van der Waals surface area contributed by atoms with Crippen LogP contribution in [0.5, 0.6) is 11.8 Å². The first kappa shape index (κ1) is 19.8. The summed E-state index contributed by atoms with van der Waals surface area (Å²) in [6.07, 6.45) is 2.79. The number of ether oxygens (including phenoxy) is 1. The van der Waals surface area contributed by atoms with Crippen LogP contribution in [0.15, 0.2) is 48.8 Å². The van der Waals surface area contributed by atoms with E-state index in [2.05, 4.69) is 22.3 Å². The Morgan fingerprint density at radius 2 is 1.18 bits per heavy atom. The second kappa shape index (κ2) is 7.98. The fourth-order valence-corrected chi connectivity index (χ4v) is 2.31. The predicted molar refractivity (Wildman–Crippen MR) is 84.7 cm³/mol. The molecule has 2 heterocycles. The molecule has 0 amide bonds. The number of halogens is 4. The van der Waals surface area contributed by atoms with Gasteiger partial charge in [-0.25, -0.2) is 0 Å². The van der Waals surface area contributed by atoms with Gasteiger partial charge in [-0.2, -0.15) is 12.1 Å². The van der Waals surface area contributed by atoms with Crippen LogP contribution in [-0.4, -0.2) is 19.6 Å². The molecule has 28 heavy (non-hydrogen) atoms. The van der Waals surface area contributed by atoms with E-state index in [0.29, 0.717) is 12.1 Å². The Hall–Kier alpha value is -2.93. The molecule has 144 valence electrons. The SMILES string of the molecule is Fc1c[c-]c(-n2ccc(Oc3ccn(-c4[c-]cc(F)cc4F)n3)n2)c(F)c1.[Pt+2]. The van der Waals surface area contributed by atoms with Gasteiger partial charge in [-0.3, -0.25) is 26.9 Å². The minimum atomic E-state index is -0.837. The second-order valence-electron chi connectivity index (χ2n) is 5.33. The zero-order valence-electron chi connectivity index (χ0n) is 13.6. The van der Waals surface area contributed by atoms with Gasteiger partial charge in [0.25, 0.3) is 0 Å². The third-order valence-corrected chi connectivity index (χ3v) is 3.47. The van der Waals surface area contributed by atoms with Crippen molar-refractivity contribution in [2.75, 3.05) is 0 Å². The van der Waals surface area contributed by atoms with E-state index in [4.69, 9.17) is 4.74 Å². The molecule has 0 aliphatic carbocycles. The van der Waals surface area contributed by atoms with Gasteiger partial charge in [0, 0.05) is 47.8 Å². The summed E-state index contributed by atoms with van der Waals surface area (Å²) in [6, 6.07) is 11.1. The monoisotopic (exact) mass is 567 g/mol. The fraction of sp³-hybridized carbons (Fsp3) is 0. The van der Waals surface area contributed by atoms with E-state index in [1.165, 1.54) is 24.5 Å². The van der Waals surface area contributed by atoms with Crippen molar-refractivity contribution in [3.8, 4) is 23.1 Å². The Morgan fingerprint density at radius 3 is 1.57 bits per heavy atom. The van der Waals surface area contributed by atoms with Crippen molar-refractivity contribution in [2.24, 2.45) is 0 Å². The molecule has 0 aliphatic heterocycles. The van der Waals surface area contributed by atoms with E-state index in [0.717, 1.165) is 21.5 Å². The minimum Gasteiger partial charge on any atom is -0.417 e. The summed E-state index contributed by atoms with van der Waals surface area (Å²) in [4.78, 5) is 0. The van der Waals surface area contributed by atoms with Gasteiger partial charge in [0.2, 0.25) is 11.8 Å². The van der Waals surface area contributed by atoms with Crippen molar-refractivity contribution < 1.29 is 43.4 Å². The second-order valence-corrected chi connectivity index (χ2v) is 5.33. The molecule has 0 unspecified atom stereocenters. The zero-order chi connectivity index (χ0) is 19.0. The van der Waals surface area contributed by atoms with Crippen LogP contribution in [0.2, 0.25) is 0 Å². The number of nitrogens with zero attached hydrogens (tertiary/aromatic N) is 4. The molecule has 0 fully saturated rings. The maximum Gasteiger partial charge on any atom is 2.00 e. The largest absolute Gasteiger partial charge is 2.00 e. The number of benzene rings is 2. The molecule has 5 nitrogen and oxygen atoms in total. The van der Waals surface area contributed by atoms with Gasteiger partial charge < -0.3 is 4.74 Å². The van der Waals surface area contributed by atoms with Gasteiger partial charge in [-0.1, -0.05) is 0 Å². The normalized spacial score (nSPS) is 10.6. The molecule has 4 aromatic rings. The predicted octanol–water partition coefficient (Wildman–Crippen LogP) is 4.00. The van der Waals surface area contributed by atoms with E-state index in [1.54, 1.807) is 0 Å². The molecule has 10 heteroatoms. The standard InChI is InChI=1S/C18H8F4N4O.Pt/c19-11-1-3-15(13(21)9-11)25-7-5-17(23-25)27-18-6-8-26(24-18)16-4-2-12(20)10-14(16)22;/h1-2,5-10H;/q-2;+2. The summed E-state index contributed by atoms with van der Waals surface area (Å²) in [5.41, 5.74) is -0.167. The number of aromatic nitrogens is 4. The Morgan fingerprint density at radius 1 is 0.750 bits per heavy atom. The van der Waals surface area contributed by atoms with Crippen molar-refractivity contribution in [3.63, 3.8) is 0 Å². The summed E-state index contributed by atoms with van der Waals surface area (Å²) < 4.78 is 61.1. The molecular formula is C18H8F4N4OPt. The molecule has 2 aromatic carbocycles. The van der Waals surface area contributed by atoms with Crippen molar-refractivity contribution >= 4 is 0 Å². The van der Waals surface area contributed by atoms with E-state index < -0.39 is 23.3 Å². The smallest absolute Gasteiger partial charge is 0.417 e. The maximum absolute atomic E-state index is 13.8. The Labute approximate surface area is 170 Å². The van der Waals surface area contributed by atoms with Crippen molar-refractivity contribution in [3.05, 3.63) is 84.2 Å². The third-order valence-electron chi connectivity index (χ3n) is 3.47. The summed E-state index contributed by atoms with van der Waals surface area (Å²) in [5.74, 6) is -3.04. The summed E-state index contributed by atoms with van der Waals surface area (Å²) in [6.45, 7) is 0. The van der Waals surface area contributed by atoms with Crippen LogP contribution in [0.25, 0.3) is 11.4 Å². The summed E-state index contributed by atoms with van der Waals surface area (Å²) in [7, 11) is 0. The van der Waals surface area contributed by atoms with Crippen LogP contribution in [0.1, 0.15) is 0 Å². The van der Waals surface area contributed by atoms with E-state index in [-0.39, 0.29) is 44.2 Å². The van der Waals surface area contributed by atoms with Crippen LogP contribution in [0.3, 0.4) is 0 Å². The van der Waals surface area contributed by atoms with Crippen molar-refractivity contribution in [2.45, 2.75) is 0 Å². The third kappa shape index (κ3) is 3.99. The fourth-order valence-electron chi connectivity index (χ4n) is 2.31. The van der Waals surface area contributed by atoms with Crippen LogP contribution in [0.4, 0.5) is 17.6 Å². The number of hydrogen-bond donors (Lipinski definition) is 0. The minimum absolute atomic E-state index is 0. The van der Waals surface area contributed by atoms with Crippen LogP contribution in [-0.2, 0) is 21.1 Å². The van der Waals surface area contributed by atoms with Gasteiger partial charge in [0.1, 0.15) is 0 Å². The average molecular weight is 567 g/mol. The quantitative estimate of drug-likeness (QED) is 0.277. The molecule has 0 aliphatic rings. The molecule has 0 atom stereocenters. The van der Waals surface area contributed by atoms with E-state index >= 15 is 0 Å². The van der Waals surface area contributed by atoms with Gasteiger partial charge in [-0.15, -0.1) is 34.5 Å². The number of rotatable bonds is 4. The van der Waals surface area contributed by atoms with Gasteiger partial charge >= 0.3 is 21.1 Å². The van der Waals surface area contributed by atoms with Crippen molar-refractivity contribution in [1.82, 2.24) is 19.6 Å². The van der Waals surface area contributed by atoms with Gasteiger partial charge in [0.15, 0.2) is 0 Å². The Bertz CT molecular complexity index is 1040. The summed E-state index contributed by atoms with van der Waals surface area (Å²) >= 11 is 0. The first-order valence-electron chi connectivity index (χ1n) is 7.53. The topological polar surface area (TPSA) is 44.9 Å². The maximum atomic E-state index is 13.8. The van der Waals surface area contributed by atoms with Gasteiger partial charge in [-0.05, 0) is 11.4 Å². The zero-order valence-corrected chi connectivity index (χ0v) is 15.9. The molecular weight excluding hydrogens is 559 g/mol. The van der Waals surface area contributed by atoms with E-state index in [1.807, 2.05) is 0 Å². The molecule has 0 saturated heterocycles. The molecule has 2 aromatic heterocycles. The molecule has 0 radical (unpaired) electrons. The van der Waals surface area contributed by atoms with E-state index in [9.17, 15) is 17.6 Å².